The van der Waals surface area contributed by atoms with E-state index in [0.29, 0.717) is 12.2 Å². The smallest absolute Gasteiger partial charge is 0.352 e. The van der Waals surface area contributed by atoms with Crippen molar-refractivity contribution in [2.45, 2.75) is 20.4 Å². The second kappa shape index (κ2) is 4.45. The van der Waals surface area contributed by atoms with Gasteiger partial charge in [-0.1, -0.05) is 23.8 Å². The summed E-state index contributed by atoms with van der Waals surface area (Å²) in [6, 6.07) is 9.58. The topological polar surface area (TPSA) is 42.2 Å². The monoisotopic (exact) mass is 229 g/mol. The van der Waals surface area contributed by atoms with Crippen LogP contribution in [0.15, 0.2) is 36.5 Å². The summed E-state index contributed by atoms with van der Waals surface area (Å²) in [6.07, 6.45) is 1.79. The maximum absolute atomic E-state index is 11.0. The van der Waals surface area contributed by atoms with Crippen molar-refractivity contribution in [3.05, 3.63) is 58.9 Å². The summed E-state index contributed by atoms with van der Waals surface area (Å²) < 4.78 is 1.75. The van der Waals surface area contributed by atoms with E-state index in [1.807, 2.05) is 13.0 Å². The molecule has 0 fully saturated rings. The number of carbonyl (C=O) groups is 1. The Labute approximate surface area is 100 Å². The Balaban J connectivity index is 2.31. The van der Waals surface area contributed by atoms with E-state index < -0.39 is 5.97 Å². The predicted octanol–water partition coefficient (Wildman–Crippen LogP) is 2.85. The number of benzene rings is 1. The predicted molar refractivity (Wildman–Crippen MR) is 66.4 cm³/mol. The van der Waals surface area contributed by atoms with Gasteiger partial charge in [0.1, 0.15) is 5.69 Å². The number of aromatic nitrogens is 1. The Morgan fingerprint density at radius 2 is 2.06 bits per heavy atom. The molecule has 0 amide bonds. The number of hydrogen-bond donors (Lipinski definition) is 1. The van der Waals surface area contributed by atoms with Crippen molar-refractivity contribution in [3.63, 3.8) is 0 Å². The van der Waals surface area contributed by atoms with Gasteiger partial charge in [-0.25, -0.2) is 4.79 Å². The molecule has 1 heterocycles. The molecule has 0 saturated carbocycles. The largest absolute Gasteiger partial charge is 0.477 e. The standard InChI is InChI=1S/C14H15NO2/c1-10-5-6-12(11(2)8-10)9-15-7-3-4-13(15)14(16)17/h3-8H,9H2,1-2H3,(H,16,17). The van der Waals surface area contributed by atoms with Crippen LogP contribution in [-0.4, -0.2) is 15.6 Å². The van der Waals surface area contributed by atoms with Crippen molar-refractivity contribution >= 4 is 5.97 Å². The third-order valence-corrected chi connectivity index (χ3v) is 2.89. The summed E-state index contributed by atoms with van der Waals surface area (Å²) in [5.41, 5.74) is 3.88. The maximum Gasteiger partial charge on any atom is 0.352 e. The highest BCUT2D eigenvalue weighted by atomic mass is 16.4. The van der Waals surface area contributed by atoms with Gasteiger partial charge in [-0.3, -0.25) is 0 Å². The van der Waals surface area contributed by atoms with Gasteiger partial charge >= 0.3 is 5.97 Å². The zero-order valence-electron chi connectivity index (χ0n) is 9.97. The Hall–Kier alpha value is -2.03. The number of nitrogens with zero attached hydrogens (tertiary/aromatic N) is 1. The zero-order chi connectivity index (χ0) is 12.4. The molecule has 0 bridgehead atoms. The minimum atomic E-state index is -0.889. The Bertz CT molecular complexity index is 555. The highest BCUT2D eigenvalue weighted by molar-refractivity contribution is 5.85. The van der Waals surface area contributed by atoms with Gasteiger partial charge in [0.25, 0.3) is 0 Å². The lowest BCUT2D eigenvalue weighted by Crippen LogP contribution is -2.09. The summed E-state index contributed by atoms with van der Waals surface area (Å²) in [4.78, 5) is 11.0. The SMILES string of the molecule is Cc1ccc(Cn2cccc2C(=O)O)c(C)c1. The molecule has 3 heteroatoms. The number of aromatic carboxylic acids is 1. The summed E-state index contributed by atoms with van der Waals surface area (Å²) in [5.74, 6) is -0.889. The van der Waals surface area contributed by atoms with E-state index in [9.17, 15) is 4.79 Å². The van der Waals surface area contributed by atoms with Gasteiger partial charge in [-0.15, -0.1) is 0 Å². The van der Waals surface area contributed by atoms with Gasteiger partial charge in [0.05, 0.1) is 0 Å². The quantitative estimate of drug-likeness (QED) is 0.879. The van der Waals surface area contributed by atoms with Crippen LogP contribution in [0.3, 0.4) is 0 Å². The molecular formula is C14H15NO2. The van der Waals surface area contributed by atoms with Crippen LogP contribution in [-0.2, 0) is 6.54 Å². The lowest BCUT2D eigenvalue weighted by Gasteiger charge is -2.10. The van der Waals surface area contributed by atoms with Crippen LogP contribution in [0.25, 0.3) is 0 Å². The molecular weight excluding hydrogens is 214 g/mol. The summed E-state index contributed by atoms with van der Waals surface area (Å²) in [6.45, 7) is 4.70. The Morgan fingerprint density at radius 3 is 2.71 bits per heavy atom. The number of aryl methyl sites for hydroxylation is 2. The van der Waals surface area contributed by atoms with Crippen molar-refractivity contribution in [1.82, 2.24) is 4.57 Å². The van der Waals surface area contributed by atoms with E-state index in [2.05, 4.69) is 19.1 Å². The number of rotatable bonds is 3. The van der Waals surface area contributed by atoms with Crippen LogP contribution < -0.4 is 0 Å². The van der Waals surface area contributed by atoms with Crippen molar-refractivity contribution in [2.75, 3.05) is 0 Å². The second-order valence-electron chi connectivity index (χ2n) is 4.26. The normalized spacial score (nSPS) is 10.5. The average molecular weight is 229 g/mol. The molecule has 1 N–H and O–H groups in total. The van der Waals surface area contributed by atoms with E-state index in [1.165, 1.54) is 11.1 Å². The van der Waals surface area contributed by atoms with Crippen LogP contribution >= 0.6 is 0 Å². The molecule has 0 aliphatic heterocycles. The molecule has 0 unspecified atom stereocenters. The molecule has 0 aliphatic rings. The molecule has 2 rings (SSSR count). The molecule has 0 atom stereocenters. The summed E-state index contributed by atoms with van der Waals surface area (Å²) in [7, 11) is 0. The van der Waals surface area contributed by atoms with Gasteiger partial charge in [0, 0.05) is 12.7 Å². The molecule has 1 aromatic carbocycles. The lowest BCUT2D eigenvalue weighted by molar-refractivity contribution is 0.0685. The molecule has 0 radical (unpaired) electrons. The van der Waals surface area contributed by atoms with Crippen LogP contribution in [0.4, 0.5) is 0 Å². The molecule has 1 aromatic heterocycles. The van der Waals surface area contributed by atoms with Crippen LogP contribution in [0.1, 0.15) is 27.2 Å². The molecule has 88 valence electrons. The first-order chi connectivity index (χ1) is 8.08. The molecule has 2 aromatic rings. The fourth-order valence-corrected chi connectivity index (χ4v) is 1.95. The van der Waals surface area contributed by atoms with Gasteiger partial charge in [0.2, 0.25) is 0 Å². The summed E-state index contributed by atoms with van der Waals surface area (Å²) in [5, 5.41) is 9.03. The molecule has 0 saturated heterocycles. The first kappa shape index (κ1) is 11.5. The fourth-order valence-electron chi connectivity index (χ4n) is 1.95. The molecule has 17 heavy (non-hydrogen) atoms. The second-order valence-corrected chi connectivity index (χ2v) is 4.26. The van der Waals surface area contributed by atoms with Crippen molar-refractivity contribution in [2.24, 2.45) is 0 Å². The number of carboxylic acids is 1. The van der Waals surface area contributed by atoms with Crippen molar-refractivity contribution < 1.29 is 9.90 Å². The first-order valence-corrected chi connectivity index (χ1v) is 5.52. The average Bonchev–Trinajstić information content (AvgIpc) is 2.70. The summed E-state index contributed by atoms with van der Waals surface area (Å²) >= 11 is 0. The van der Waals surface area contributed by atoms with Crippen LogP contribution in [0.2, 0.25) is 0 Å². The third kappa shape index (κ3) is 2.38. The molecule has 0 aliphatic carbocycles. The molecule has 3 nitrogen and oxygen atoms in total. The Morgan fingerprint density at radius 1 is 1.29 bits per heavy atom. The van der Waals surface area contributed by atoms with E-state index in [1.54, 1.807) is 22.9 Å². The maximum atomic E-state index is 11.0. The first-order valence-electron chi connectivity index (χ1n) is 5.52. The van der Waals surface area contributed by atoms with Crippen LogP contribution in [0.5, 0.6) is 0 Å². The van der Waals surface area contributed by atoms with Crippen molar-refractivity contribution in [3.8, 4) is 0 Å². The highest BCUT2D eigenvalue weighted by Crippen LogP contribution is 2.14. The highest BCUT2D eigenvalue weighted by Gasteiger charge is 2.09. The van der Waals surface area contributed by atoms with E-state index in [4.69, 9.17) is 5.11 Å². The van der Waals surface area contributed by atoms with Gasteiger partial charge in [-0.2, -0.15) is 0 Å². The number of hydrogen-bond acceptors (Lipinski definition) is 1. The lowest BCUT2D eigenvalue weighted by atomic mass is 10.1. The van der Waals surface area contributed by atoms with Gasteiger partial charge < -0.3 is 9.67 Å². The van der Waals surface area contributed by atoms with Gasteiger partial charge in [0.15, 0.2) is 0 Å². The van der Waals surface area contributed by atoms with Gasteiger partial charge in [-0.05, 0) is 37.1 Å². The van der Waals surface area contributed by atoms with E-state index in [-0.39, 0.29) is 0 Å². The minimum Gasteiger partial charge on any atom is -0.477 e. The minimum absolute atomic E-state index is 0.324. The Kier molecular flexibility index (Phi) is 3.00. The fraction of sp³-hybridized carbons (Fsp3) is 0.214. The zero-order valence-corrected chi connectivity index (χ0v) is 9.97. The van der Waals surface area contributed by atoms with Crippen LogP contribution in [0, 0.1) is 13.8 Å². The van der Waals surface area contributed by atoms with Crippen molar-refractivity contribution in [1.29, 1.82) is 0 Å². The molecule has 0 spiro atoms. The van der Waals surface area contributed by atoms with E-state index >= 15 is 0 Å². The number of carboxylic acid groups (broad SMARTS) is 1. The third-order valence-electron chi connectivity index (χ3n) is 2.89. The van der Waals surface area contributed by atoms with E-state index in [0.717, 1.165) is 5.56 Å².